The van der Waals surface area contributed by atoms with E-state index in [4.69, 9.17) is 9.84 Å². The van der Waals surface area contributed by atoms with Gasteiger partial charge in [-0.1, -0.05) is 0 Å². The molecule has 0 saturated heterocycles. The molecule has 0 spiro atoms. The second kappa shape index (κ2) is 3.96. The number of rotatable bonds is 2. The molecule has 4 nitrogen and oxygen atoms in total. The minimum Gasteiger partial charge on any atom is -0.444 e. The summed E-state index contributed by atoms with van der Waals surface area (Å²) in [4.78, 5) is 11.4. The third kappa shape index (κ3) is 3.34. The van der Waals surface area contributed by atoms with Crippen LogP contribution >= 0.6 is 0 Å². The normalized spacial score (nSPS) is 30.6. The number of carbonyl (C=O) groups is 1. The van der Waals surface area contributed by atoms with Gasteiger partial charge in [0.2, 0.25) is 0 Å². The second-order valence-corrected chi connectivity index (χ2v) is 5.07. The molecule has 0 bridgehead atoms. The zero-order valence-electron chi connectivity index (χ0n) is 9.34. The molecule has 0 aromatic rings. The number of nitrogens with one attached hydrogen (secondary N) is 1. The molecule has 15 heavy (non-hydrogen) atoms. The molecule has 0 aromatic carbocycles. The summed E-state index contributed by atoms with van der Waals surface area (Å²) < 4.78 is 17.7. The maximum absolute atomic E-state index is 12.7. The van der Waals surface area contributed by atoms with Crippen molar-refractivity contribution in [1.29, 1.82) is 0 Å². The van der Waals surface area contributed by atoms with Crippen molar-refractivity contribution in [1.82, 2.24) is 5.32 Å². The van der Waals surface area contributed by atoms with Crippen molar-refractivity contribution in [3.63, 3.8) is 0 Å². The van der Waals surface area contributed by atoms with E-state index in [0.717, 1.165) is 0 Å². The fourth-order valence-corrected chi connectivity index (χ4v) is 1.58. The highest BCUT2D eigenvalue weighted by Gasteiger charge is 2.46. The van der Waals surface area contributed by atoms with Gasteiger partial charge in [-0.15, -0.1) is 0 Å². The first-order chi connectivity index (χ1) is 6.76. The summed E-state index contributed by atoms with van der Waals surface area (Å²) in [6, 6.07) is 0. The van der Waals surface area contributed by atoms with Crippen molar-refractivity contribution in [2.24, 2.45) is 0 Å². The molecular weight excluding hydrogens is 201 g/mol. The first kappa shape index (κ1) is 12.2. The van der Waals surface area contributed by atoms with E-state index in [1.807, 2.05) is 0 Å². The molecule has 1 aliphatic rings. The van der Waals surface area contributed by atoms with Gasteiger partial charge in [-0.3, -0.25) is 0 Å². The molecule has 1 aliphatic carbocycles. The summed E-state index contributed by atoms with van der Waals surface area (Å²) in [6.45, 7) is 4.98. The Morgan fingerprint density at radius 1 is 1.60 bits per heavy atom. The lowest BCUT2D eigenvalue weighted by Gasteiger charge is -2.43. The zero-order chi connectivity index (χ0) is 11.7. The standard InChI is InChI=1S/C10H18FNO3/c1-9(2,3)15-8(14)12-10(6-13)4-7(11)5-10/h7,13H,4-6H2,1-3H3,(H,12,14). The number of hydrogen-bond donors (Lipinski definition) is 2. The van der Waals surface area contributed by atoms with Crippen molar-refractivity contribution < 1.29 is 19.0 Å². The van der Waals surface area contributed by atoms with Gasteiger partial charge in [-0.25, -0.2) is 9.18 Å². The van der Waals surface area contributed by atoms with E-state index < -0.39 is 23.4 Å². The maximum atomic E-state index is 12.7. The molecule has 0 aromatic heterocycles. The number of halogens is 1. The van der Waals surface area contributed by atoms with Crippen molar-refractivity contribution in [2.45, 2.75) is 50.9 Å². The smallest absolute Gasteiger partial charge is 0.408 e. The van der Waals surface area contributed by atoms with Gasteiger partial charge in [0, 0.05) is 12.8 Å². The van der Waals surface area contributed by atoms with E-state index in [2.05, 4.69) is 5.32 Å². The number of alkyl halides is 1. The highest BCUT2D eigenvalue weighted by Crippen LogP contribution is 2.34. The minimum atomic E-state index is -0.938. The van der Waals surface area contributed by atoms with Gasteiger partial charge in [-0.2, -0.15) is 0 Å². The quantitative estimate of drug-likeness (QED) is 0.737. The fourth-order valence-electron chi connectivity index (χ4n) is 1.58. The predicted molar refractivity (Wildman–Crippen MR) is 53.3 cm³/mol. The topological polar surface area (TPSA) is 58.6 Å². The number of aliphatic hydroxyl groups excluding tert-OH is 1. The van der Waals surface area contributed by atoms with Gasteiger partial charge in [-0.05, 0) is 20.8 Å². The first-order valence-electron chi connectivity index (χ1n) is 5.02. The summed E-state index contributed by atoms with van der Waals surface area (Å²) in [5.41, 5.74) is -1.40. The van der Waals surface area contributed by atoms with Crippen LogP contribution in [0, 0.1) is 0 Å². The van der Waals surface area contributed by atoms with Crippen molar-refractivity contribution in [3.05, 3.63) is 0 Å². The van der Waals surface area contributed by atoms with Crippen LogP contribution < -0.4 is 5.32 Å². The molecule has 1 rings (SSSR count). The van der Waals surface area contributed by atoms with Crippen molar-refractivity contribution in [2.75, 3.05) is 6.61 Å². The van der Waals surface area contributed by atoms with Crippen molar-refractivity contribution in [3.8, 4) is 0 Å². The Bertz CT molecular complexity index is 244. The number of alkyl carbamates (subject to hydrolysis) is 1. The van der Waals surface area contributed by atoms with Crippen LogP contribution in [-0.2, 0) is 4.74 Å². The van der Waals surface area contributed by atoms with Gasteiger partial charge < -0.3 is 15.2 Å². The van der Waals surface area contributed by atoms with E-state index in [0.29, 0.717) is 0 Å². The number of ether oxygens (including phenoxy) is 1. The predicted octanol–water partition coefficient (Wildman–Crippen LogP) is 1.37. The monoisotopic (exact) mass is 219 g/mol. The molecule has 1 fully saturated rings. The van der Waals surface area contributed by atoms with E-state index in [1.54, 1.807) is 20.8 Å². The van der Waals surface area contributed by atoms with Crippen LogP contribution in [0.25, 0.3) is 0 Å². The van der Waals surface area contributed by atoms with Crippen LogP contribution in [0.2, 0.25) is 0 Å². The van der Waals surface area contributed by atoms with E-state index in [9.17, 15) is 9.18 Å². The molecule has 0 unspecified atom stereocenters. The third-order valence-corrected chi connectivity index (χ3v) is 2.29. The van der Waals surface area contributed by atoms with E-state index in [1.165, 1.54) is 0 Å². The van der Waals surface area contributed by atoms with Crippen LogP contribution in [0.15, 0.2) is 0 Å². The summed E-state index contributed by atoms with van der Waals surface area (Å²) in [6.07, 6.45) is -1.23. The molecule has 0 atom stereocenters. The Hall–Kier alpha value is -0.840. The maximum Gasteiger partial charge on any atom is 0.408 e. The van der Waals surface area contributed by atoms with E-state index in [-0.39, 0.29) is 19.4 Å². The molecule has 88 valence electrons. The lowest BCUT2D eigenvalue weighted by Crippen LogP contribution is -2.61. The largest absolute Gasteiger partial charge is 0.444 e. The fraction of sp³-hybridized carbons (Fsp3) is 0.900. The van der Waals surface area contributed by atoms with Crippen molar-refractivity contribution >= 4 is 6.09 Å². The van der Waals surface area contributed by atoms with Crippen LogP contribution in [-0.4, -0.2) is 35.1 Å². The second-order valence-electron chi connectivity index (χ2n) is 5.07. The average molecular weight is 219 g/mol. The van der Waals surface area contributed by atoms with E-state index >= 15 is 0 Å². The molecule has 1 saturated carbocycles. The molecule has 0 heterocycles. The Morgan fingerprint density at radius 3 is 2.47 bits per heavy atom. The number of amides is 1. The SMILES string of the molecule is CC(C)(C)OC(=O)NC1(CO)CC(F)C1. The van der Waals surface area contributed by atoms with Crippen LogP contribution in [0.5, 0.6) is 0 Å². The van der Waals surface area contributed by atoms with Crippen LogP contribution in [0.3, 0.4) is 0 Å². The Kier molecular flexibility index (Phi) is 3.23. The lowest BCUT2D eigenvalue weighted by atomic mass is 9.76. The number of aliphatic hydroxyl groups is 1. The number of hydrogen-bond acceptors (Lipinski definition) is 3. The summed E-state index contributed by atoms with van der Waals surface area (Å²) >= 11 is 0. The number of carbonyl (C=O) groups excluding carboxylic acids is 1. The summed E-state index contributed by atoms with van der Waals surface area (Å²) in [5, 5.41) is 11.6. The molecule has 1 amide bonds. The lowest BCUT2D eigenvalue weighted by molar-refractivity contribution is -0.00102. The van der Waals surface area contributed by atoms with Gasteiger partial charge in [0.05, 0.1) is 12.1 Å². The molecule has 0 aliphatic heterocycles. The minimum absolute atomic E-state index is 0.155. The van der Waals surface area contributed by atoms with Gasteiger partial charge in [0.25, 0.3) is 0 Å². The molecular formula is C10H18FNO3. The third-order valence-electron chi connectivity index (χ3n) is 2.29. The molecule has 2 N–H and O–H groups in total. The highest BCUT2D eigenvalue weighted by molar-refractivity contribution is 5.69. The Labute approximate surface area is 88.8 Å². The zero-order valence-corrected chi connectivity index (χ0v) is 9.34. The Balaban J connectivity index is 2.44. The summed E-state index contributed by atoms with van der Waals surface area (Å²) in [5.74, 6) is 0. The Morgan fingerprint density at radius 2 is 2.13 bits per heavy atom. The first-order valence-corrected chi connectivity index (χ1v) is 5.02. The average Bonchev–Trinajstić information content (AvgIpc) is 1.97. The van der Waals surface area contributed by atoms with Gasteiger partial charge in [0.15, 0.2) is 0 Å². The molecule has 0 radical (unpaired) electrons. The summed E-state index contributed by atoms with van der Waals surface area (Å²) in [7, 11) is 0. The highest BCUT2D eigenvalue weighted by atomic mass is 19.1. The van der Waals surface area contributed by atoms with Crippen LogP contribution in [0.1, 0.15) is 33.6 Å². The molecule has 5 heteroatoms. The van der Waals surface area contributed by atoms with Gasteiger partial charge >= 0.3 is 6.09 Å². The van der Waals surface area contributed by atoms with Crippen LogP contribution in [0.4, 0.5) is 9.18 Å². The van der Waals surface area contributed by atoms with Gasteiger partial charge in [0.1, 0.15) is 11.8 Å².